The Morgan fingerprint density at radius 3 is 1.67 bits per heavy atom. The lowest BCUT2D eigenvalue weighted by Crippen LogP contribution is -2.26. The lowest BCUT2D eigenvalue weighted by Gasteiger charge is -2.21. The molecule has 0 aromatic heterocycles. The molecule has 6 nitrogen and oxygen atoms in total. The van der Waals surface area contributed by atoms with Crippen LogP contribution < -0.4 is 0 Å². The van der Waals surface area contributed by atoms with Crippen LogP contribution in [0.15, 0.2) is 0 Å². The van der Waals surface area contributed by atoms with Crippen LogP contribution in [0.5, 0.6) is 0 Å². The molecule has 2 atom stereocenters. The van der Waals surface area contributed by atoms with E-state index in [1.54, 1.807) is 0 Å². The van der Waals surface area contributed by atoms with E-state index >= 15 is 0 Å². The van der Waals surface area contributed by atoms with E-state index in [1.807, 2.05) is 0 Å². The second kappa shape index (κ2) is 4.04. The molecule has 2 unspecified atom stereocenters. The molecule has 0 N–H and O–H groups in total. The van der Waals surface area contributed by atoms with E-state index in [-0.39, 0.29) is 3.87 Å². The van der Waals surface area contributed by atoms with Gasteiger partial charge in [0.1, 0.15) is 0 Å². The molecule has 0 aromatic rings. The third-order valence-electron chi connectivity index (χ3n) is 0.393. The molecule has 0 saturated heterocycles. The smallest absolute Gasteiger partial charge is 0.0598 e. The van der Waals surface area contributed by atoms with Crippen LogP contribution in [-0.4, -0.2) is 28.5 Å². The number of hydrogen-bond acceptors (Lipinski definition) is 5. The van der Waals surface area contributed by atoms with Gasteiger partial charge in [0.05, 0.1) is 29.6 Å². The maximum atomic E-state index is 9.78. The molecule has 9 heavy (non-hydrogen) atoms. The van der Waals surface area contributed by atoms with Crippen molar-refractivity contribution in [1.82, 2.24) is 3.87 Å². The second-order valence-electron chi connectivity index (χ2n) is 0.840. The average Bonchev–Trinajstić information content (AvgIpc) is 1.64. The highest BCUT2D eigenvalue weighted by Crippen LogP contribution is 1.93. The Hall–Kier alpha value is 0.140. The minimum absolute atomic E-state index is 0.208. The van der Waals surface area contributed by atoms with Crippen molar-refractivity contribution in [2.75, 3.05) is 7.11 Å². The van der Waals surface area contributed by atoms with Crippen molar-refractivity contribution in [3.05, 3.63) is 0 Å². The largest absolute Gasteiger partial charge is 0.757 e. The van der Waals surface area contributed by atoms with Gasteiger partial charge >= 0.3 is 0 Å². The van der Waals surface area contributed by atoms with Gasteiger partial charge in [0.25, 0.3) is 0 Å². The van der Waals surface area contributed by atoms with Crippen molar-refractivity contribution in [3.63, 3.8) is 0 Å². The van der Waals surface area contributed by atoms with E-state index < -0.39 is 22.5 Å². The van der Waals surface area contributed by atoms with Crippen LogP contribution in [-0.2, 0) is 27.4 Å². The molecule has 0 fully saturated rings. The zero-order valence-corrected chi connectivity index (χ0v) is 5.94. The summed E-state index contributed by atoms with van der Waals surface area (Å²) in [6.45, 7) is 0. The summed E-state index contributed by atoms with van der Waals surface area (Å²) in [5.41, 5.74) is 0. The van der Waals surface area contributed by atoms with Gasteiger partial charge in [0.15, 0.2) is 0 Å². The van der Waals surface area contributed by atoms with Crippen molar-refractivity contribution in [3.8, 4) is 0 Å². The van der Waals surface area contributed by atoms with Gasteiger partial charge in [0.2, 0.25) is 0 Å². The molecule has 0 rings (SSSR count). The van der Waals surface area contributed by atoms with Crippen LogP contribution in [0.3, 0.4) is 0 Å². The normalized spacial score (nSPS) is 17.8. The maximum absolute atomic E-state index is 9.78. The molecule has 0 spiro atoms. The summed E-state index contributed by atoms with van der Waals surface area (Å²) >= 11 is -5.77. The van der Waals surface area contributed by atoms with Gasteiger partial charge in [0, 0.05) is 0 Å². The van der Waals surface area contributed by atoms with E-state index in [4.69, 9.17) is 0 Å². The molecule has 56 valence electrons. The fourth-order valence-electron chi connectivity index (χ4n) is 0.171. The highest BCUT2D eigenvalue weighted by atomic mass is 32.3. The Kier molecular flexibility index (Phi) is 4.10. The van der Waals surface area contributed by atoms with Crippen molar-refractivity contribution in [2.24, 2.45) is 0 Å². The third kappa shape index (κ3) is 2.98. The summed E-state index contributed by atoms with van der Waals surface area (Å²) < 4.78 is 38.9. The zero-order valence-electron chi connectivity index (χ0n) is 4.30. The van der Waals surface area contributed by atoms with E-state index in [0.717, 1.165) is 7.11 Å². The minimum Gasteiger partial charge on any atom is -0.757 e. The van der Waals surface area contributed by atoms with Crippen molar-refractivity contribution < 1.29 is 22.4 Å². The van der Waals surface area contributed by atoms with Crippen molar-refractivity contribution in [2.45, 2.75) is 0 Å². The first-order valence-corrected chi connectivity index (χ1v) is 3.69. The SMILES string of the molecule is CON(S(=O)[O-])S(=O)[O-]. The van der Waals surface area contributed by atoms with Gasteiger partial charge in [-0.05, 0) is 3.87 Å². The molecule has 0 bridgehead atoms. The lowest BCUT2D eigenvalue weighted by atomic mass is 11.7. The molecule has 0 aromatic carbocycles. The standard InChI is InChI=1S/CH5NO5S2/c1-7-2(8(3)4)9(5)6/h1H3,(H,3,4)(H,5,6)/p-2. The number of nitrogens with zero attached hydrogens (tertiary/aromatic N) is 1. The quantitative estimate of drug-likeness (QED) is 0.380. The molecular formula is CH3NO5S2-2. The van der Waals surface area contributed by atoms with Crippen molar-refractivity contribution >= 4 is 22.5 Å². The van der Waals surface area contributed by atoms with Gasteiger partial charge in [-0.3, -0.25) is 13.3 Å². The summed E-state index contributed by atoms with van der Waals surface area (Å²) in [5, 5.41) is 0. The first-order valence-electron chi connectivity index (χ1n) is 1.62. The minimum atomic E-state index is -2.89. The predicted molar refractivity (Wildman–Crippen MR) is 26.7 cm³/mol. The molecule has 0 radical (unpaired) electrons. The highest BCUT2D eigenvalue weighted by Gasteiger charge is 2.00. The van der Waals surface area contributed by atoms with Crippen LogP contribution in [0.2, 0.25) is 0 Å². The topological polar surface area (TPSA) is 92.7 Å². The van der Waals surface area contributed by atoms with Gasteiger partial charge in [-0.15, -0.1) is 0 Å². The Morgan fingerprint density at radius 2 is 1.67 bits per heavy atom. The Balaban J connectivity index is 3.99. The third-order valence-corrected chi connectivity index (χ3v) is 1.91. The molecule has 8 heteroatoms. The molecule has 0 aliphatic heterocycles. The van der Waals surface area contributed by atoms with Crippen LogP contribution in [0.25, 0.3) is 0 Å². The van der Waals surface area contributed by atoms with Crippen LogP contribution in [0, 0.1) is 0 Å². The van der Waals surface area contributed by atoms with E-state index in [2.05, 4.69) is 4.84 Å². The first kappa shape index (κ1) is 9.14. The van der Waals surface area contributed by atoms with Gasteiger partial charge in [-0.25, -0.2) is 0 Å². The Bertz CT molecular complexity index is 121. The van der Waals surface area contributed by atoms with Crippen molar-refractivity contribution in [1.29, 1.82) is 0 Å². The predicted octanol–water partition coefficient (Wildman–Crippen LogP) is -1.56. The van der Waals surface area contributed by atoms with Crippen LogP contribution in [0.1, 0.15) is 0 Å². The van der Waals surface area contributed by atoms with E-state index in [0.29, 0.717) is 0 Å². The molecular weight excluding hydrogens is 170 g/mol. The average molecular weight is 173 g/mol. The number of rotatable bonds is 3. The lowest BCUT2D eigenvalue weighted by molar-refractivity contribution is 0.0250. The second-order valence-corrected chi connectivity index (χ2v) is 2.60. The summed E-state index contributed by atoms with van der Waals surface area (Å²) in [6.07, 6.45) is 0. The highest BCUT2D eigenvalue weighted by molar-refractivity contribution is 7.91. The van der Waals surface area contributed by atoms with Gasteiger partial charge in [-0.2, -0.15) is 0 Å². The summed E-state index contributed by atoms with van der Waals surface area (Å²) in [4.78, 5) is 3.88. The summed E-state index contributed by atoms with van der Waals surface area (Å²) in [7, 11) is 0.922. The fourth-order valence-corrected chi connectivity index (χ4v) is 0.812. The molecule has 0 amide bonds. The molecule has 0 aliphatic rings. The Labute approximate surface area is 56.6 Å². The van der Waals surface area contributed by atoms with Gasteiger partial charge in [-0.1, -0.05) is 0 Å². The Morgan fingerprint density at radius 1 is 1.33 bits per heavy atom. The first-order chi connectivity index (χ1) is 4.09. The number of hydrogen-bond donors (Lipinski definition) is 0. The summed E-state index contributed by atoms with van der Waals surface area (Å²) in [6, 6.07) is 0. The molecule has 0 saturated carbocycles. The van der Waals surface area contributed by atoms with E-state index in [1.165, 1.54) is 0 Å². The monoisotopic (exact) mass is 173 g/mol. The fraction of sp³-hybridized carbons (Fsp3) is 1.00. The molecule has 0 heterocycles. The van der Waals surface area contributed by atoms with Gasteiger partial charge < -0.3 is 9.11 Å². The van der Waals surface area contributed by atoms with Crippen LogP contribution >= 0.6 is 0 Å². The summed E-state index contributed by atoms with van der Waals surface area (Å²) in [5.74, 6) is 0. The molecule has 0 aliphatic carbocycles. The van der Waals surface area contributed by atoms with E-state index in [9.17, 15) is 17.5 Å². The maximum Gasteiger partial charge on any atom is 0.0598 e. The zero-order chi connectivity index (χ0) is 7.44. The van der Waals surface area contributed by atoms with Crippen LogP contribution in [0.4, 0.5) is 0 Å².